The summed E-state index contributed by atoms with van der Waals surface area (Å²) in [5, 5.41) is 0.909. The Morgan fingerprint density at radius 3 is 1.50 bits per heavy atom. The van der Waals surface area contributed by atoms with E-state index in [9.17, 15) is 0 Å². The van der Waals surface area contributed by atoms with Crippen molar-refractivity contribution in [3.05, 3.63) is 25.1 Å². The third-order valence-corrected chi connectivity index (χ3v) is 5.66. The van der Waals surface area contributed by atoms with Crippen LogP contribution in [0.25, 0.3) is 0 Å². The molecule has 0 spiro atoms. The fraction of sp³-hybridized carbons (Fsp3) is 0.625. The van der Waals surface area contributed by atoms with Crippen molar-refractivity contribution in [1.82, 2.24) is 0 Å². The van der Waals surface area contributed by atoms with Crippen LogP contribution < -0.4 is 4.74 Å². The van der Waals surface area contributed by atoms with Gasteiger partial charge in [-0.3, -0.25) is 0 Å². The SMILES string of the molecule is CCCCCCCCCCOc1c(Cl)c(Cl)c(Cl)c(Cl)c1Cl. The molecule has 0 fully saturated rings. The fourth-order valence-electron chi connectivity index (χ4n) is 2.12. The molecule has 22 heavy (non-hydrogen) atoms. The minimum absolute atomic E-state index is 0.151. The van der Waals surface area contributed by atoms with E-state index in [1.165, 1.54) is 38.5 Å². The van der Waals surface area contributed by atoms with Gasteiger partial charge in [-0.2, -0.15) is 0 Å². The smallest absolute Gasteiger partial charge is 0.159 e. The summed E-state index contributed by atoms with van der Waals surface area (Å²) in [6, 6.07) is 0. The molecule has 0 aliphatic heterocycles. The van der Waals surface area contributed by atoms with Gasteiger partial charge in [-0.25, -0.2) is 0 Å². The zero-order chi connectivity index (χ0) is 16.5. The van der Waals surface area contributed by atoms with Crippen LogP contribution in [0.15, 0.2) is 0 Å². The molecular formula is C16H21Cl5O. The first-order valence-corrected chi connectivity index (χ1v) is 9.53. The van der Waals surface area contributed by atoms with Crippen molar-refractivity contribution < 1.29 is 4.74 Å². The number of rotatable bonds is 10. The lowest BCUT2D eigenvalue weighted by molar-refractivity contribution is 0.304. The summed E-state index contributed by atoms with van der Waals surface area (Å²) >= 11 is 30.1. The molecule has 0 heterocycles. The van der Waals surface area contributed by atoms with Crippen LogP contribution in [-0.4, -0.2) is 6.61 Å². The van der Waals surface area contributed by atoms with Gasteiger partial charge in [0, 0.05) is 0 Å². The van der Waals surface area contributed by atoms with Gasteiger partial charge in [0.15, 0.2) is 5.75 Å². The second kappa shape index (κ2) is 11.1. The first-order valence-electron chi connectivity index (χ1n) is 7.64. The molecule has 0 atom stereocenters. The second-order valence-corrected chi connectivity index (χ2v) is 7.11. The van der Waals surface area contributed by atoms with E-state index < -0.39 is 0 Å². The maximum Gasteiger partial charge on any atom is 0.159 e. The number of halogens is 5. The van der Waals surface area contributed by atoms with Crippen LogP contribution in [-0.2, 0) is 0 Å². The molecular weight excluding hydrogens is 385 g/mol. The molecule has 6 heteroatoms. The lowest BCUT2D eigenvalue weighted by Crippen LogP contribution is -1.99. The maximum absolute atomic E-state index is 6.10. The molecule has 0 unspecified atom stereocenters. The van der Waals surface area contributed by atoms with Gasteiger partial charge in [0.1, 0.15) is 10.0 Å². The fourth-order valence-corrected chi connectivity index (χ4v) is 3.35. The highest BCUT2D eigenvalue weighted by atomic mass is 35.5. The van der Waals surface area contributed by atoms with Crippen LogP contribution in [0.2, 0.25) is 25.1 Å². The highest BCUT2D eigenvalue weighted by Gasteiger charge is 2.20. The highest BCUT2D eigenvalue weighted by Crippen LogP contribution is 2.48. The third-order valence-electron chi connectivity index (χ3n) is 3.41. The summed E-state index contributed by atoms with van der Waals surface area (Å²) in [6.45, 7) is 2.76. The van der Waals surface area contributed by atoms with Crippen LogP contribution in [0.3, 0.4) is 0 Å². The summed E-state index contributed by atoms with van der Waals surface area (Å²) in [4.78, 5) is 0. The van der Waals surface area contributed by atoms with Gasteiger partial charge >= 0.3 is 0 Å². The Balaban J connectivity index is 2.34. The van der Waals surface area contributed by atoms with Gasteiger partial charge in [-0.15, -0.1) is 0 Å². The topological polar surface area (TPSA) is 9.23 Å². The Bertz CT molecular complexity index is 447. The molecule has 0 aliphatic rings. The number of benzene rings is 1. The molecule has 0 N–H and O–H groups in total. The van der Waals surface area contributed by atoms with Gasteiger partial charge in [0.25, 0.3) is 0 Å². The minimum atomic E-state index is 0.151. The lowest BCUT2D eigenvalue weighted by Gasteiger charge is -2.13. The predicted octanol–water partition coefficient (Wildman–Crippen LogP) is 8.47. The molecule has 0 saturated carbocycles. The monoisotopic (exact) mass is 404 g/mol. The van der Waals surface area contributed by atoms with E-state index in [1.54, 1.807) is 0 Å². The molecule has 1 nitrogen and oxygen atoms in total. The zero-order valence-corrected chi connectivity index (χ0v) is 16.4. The van der Waals surface area contributed by atoms with E-state index in [-0.39, 0.29) is 25.1 Å². The first kappa shape index (κ1) is 20.5. The number of unbranched alkanes of at least 4 members (excludes halogenated alkanes) is 7. The quantitative estimate of drug-likeness (QED) is 0.215. The number of ether oxygens (including phenoxy) is 1. The van der Waals surface area contributed by atoms with Gasteiger partial charge in [-0.1, -0.05) is 110 Å². The average molecular weight is 407 g/mol. The summed E-state index contributed by atoms with van der Waals surface area (Å²) in [7, 11) is 0. The Kier molecular flexibility index (Phi) is 10.3. The van der Waals surface area contributed by atoms with E-state index in [1.807, 2.05) is 0 Å². The van der Waals surface area contributed by atoms with E-state index in [0.29, 0.717) is 12.4 Å². The molecule has 0 radical (unpaired) electrons. The predicted molar refractivity (Wildman–Crippen MR) is 99.6 cm³/mol. The van der Waals surface area contributed by atoms with E-state index in [0.717, 1.165) is 12.8 Å². The standard InChI is InChI=1S/C16H21Cl5O/c1-2-3-4-5-6-7-8-9-10-22-16-14(20)12(18)11(17)13(19)15(16)21/h2-10H2,1H3. The van der Waals surface area contributed by atoms with Gasteiger partial charge in [0.05, 0.1) is 21.7 Å². The van der Waals surface area contributed by atoms with Crippen LogP contribution in [0.4, 0.5) is 0 Å². The largest absolute Gasteiger partial charge is 0.490 e. The lowest BCUT2D eigenvalue weighted by atomic mass is 10.1. The van der Waals surface area contributed by atoms with Crippen LogP contribution in [0.5, 0.6) is 5.75 Å². The van der Waals surface area contributed by atoms with Crippen molar-refractivity contribution in [2.45, 2.75) is 58.3 Å². The Labute approximate surface area is 158 Å². The zero-order valence-electron chi connectivity index (χ0n) is 12.7. The van der Waals surface area contributed by atoms with Gasteiger partial charge in [0.2, 0.25) is 0 Å². The molecule has 126 valence electrons. The minimum Gasteiger partial charge on any atom is -0.490 e. The Morgan fingerprint density at radius 1 is 0.591 bits per heavy atom. The number of hydrogen-bond acceptors (Lipinski definition) is 1. The van der Waals surface area contributed by atoms with Gasteiger partial charge < -0.3 is 4.74 Å². The molecule has 0 bridgehead atoms. The molecule has 0 aliphatic carbocycles. The van der Waals surface area contributed by atoms with Crippen molar-refractivity contribution in [3.63, 3.8) is 0 Å². The molecule has 0 aromatic heterocycles. The van der Waals surface area contributed by atoms with Crippen LogP contribution in [0.1, 0.15) is 58.3 Å². The second-order valence-electron chi connectivity index (χ2n) is 5.22. The Hall–Kier alpha value is 0.470. The van der Waals surface area contributed by atoms with Crippen LogP contribution >= 0.6 is 58.0 Å². The maximum atomic E-state index is 6.10. The van der Waals surface area contributed by atoms with Gasteiger partial charge in [-0.05, 0) is 6.42 Å². The average Bonchev–Trinajstić information content (AvgIpc) is 2.52. The summed E-state index contributed by atoms with van der Waals surface area (Å²) in [5.41, 5.74) is 0. The summed E-state index contributed by atoms with van der Waals surface area (Å²) in [5.74, 6) is 0.311. The van der Waals surface area contributed by atoms with Crippen LogP contribution in [0, 0.1) is 0 Å². The molecule has 0 saturated heterocycles. The third kappa shape index (κ3) is 6.17. The highest BCUT2D eigenvalue weighted by molar-refractivity contribution is 6.55. The first-order chi connectivity index (χ1) is 10.5. The summed E-state index contributed by atoms with van der Waals surface area (Å²) < 4.78 is 5.64. The van der Waals surface area contributed by atoms with E-state index in [4.69, 9.17) is 62.7 Å². The number of hydrogen-bond donors (Lipinski definition) is 0. The normalized spacial score (nSPS) is 11.0. The van der Waals surface area contributed by atoms with E-state index in [2.05, 4.69) is 6.92 Å². The molecule has 1 aromatic rings. The Morgan fingerprint density at radius 2 is 1.00 bits per heavy atom. The van der Waals surface area contributed by atoms with Crippen molar-refractivity contribution in [3.8, 4) is 5.75 Å². The van der Waals surface area contributed by atoms with Crippen molar-refractivity contribution in [2.75, 3.05) is 6.61 Å². The summed E-state index contributed by atoms with van der Waals surface area (Å²) in [6.07, 6.45) is 9.82. The molecule has 1 rings (SSSR count). The van der Waals surface area contributed by atoms with E-state index >= 15 is 0 Å². The molecule has 0 amide bonds. The van der Waals surface area contributed by atoms with Crippen molar-refractivity contribution in [1.29, 1.82) is 0 Å². The van der Waals surface area contributed by atoms with Crippen molar-refractivity contribution in [2.24, 2.45) is 0 Å². The van der Waals surface area contributed by atoms with Crippen molar-refractivity contribution >= 4 is 58.0 Å². The molecule has 1 aromatic carbocycles.